The maximum Gasteiger partial charge on any atom is 0.348 e. The molecule has 0 saturated heterocycles. The van der Waals surface area contributed by atoms with Gasteiger partial charge in [-0.25, -0.2) is 14.2 Å². The van der Waals surface area contributed by atoms with Crippen molar-refractivity contribution in [2.45, 2.75) is 0 Å². The van der Waals surface area contributed by atoms with E-state index < -0.39 is 5.69 Å². The van der Waals surface area contributed by atoms with Gasteiger partial charge in [0.25, 0.3) is 0 Å². The van der Waals surface area contributed by atoms with Crippen molar-refractivity contribution < 1.29 is 4.39 Å². The summed E-state index contributed by atoms with van der Waals surface area (Å²) in [7, 11) is 0. The van der Waals surface area contributed by atoms with Crippen LogP contribution in [-0.4, -0.2) is 19.6 Å². The molecule has 0 unspecified atom stereocenters. The molecule has 22 heavy (non-hydrogen) atoms. The van der Waals surface area contributed by atoms with Gasteiger partial charge in [0.05, 0.1) is 10.9 Å². The molecule has 2 aromatic heterocycles. The van der Waals surface area contributed by atoms with Crippen LogP contribution in [0, 0.1) is 5.82 Å². The van der Waals surface area contributed by atoms with Crippen LogP contribution in [0.4, 0.5) is 4.39 Å². The highest BCUT2D eigenvalue weighted by molar-refractivity contribution is 9.10. The number of fused-ring (bicyclic) bond motifs is 3. The molecule has 0 aliphatic heterocycles. The van der Waals surface area contributed by atoms with E-state index in [9.17, 15) is 9.18 Å². The number of rotatable bonds is 1. The highest BCUT2D eigenvalue weighted by Crippen LogP contribution is 2.26. The van der Waals surface area contributed by atoms with E-state index in [1.165, 1.54) is 16.6 Å². The number of aromatic amines is 1. The molecule has 108 valence electrons. The van der Waals surface area contributed by atoms with Gasteiger partial charge in [-0.3, -0.25) is 0 Å². The molecule has 1 N–H and O–H groups in total. The fourth-order valence-electron chi connectivity index (χ4n) is 2.39. The third-order valence-corrected chi connectivity index (χ3v) is 4.02. The molecule has 0 fully saturated rings. The number of hydrogen-bond acceptors (Lipinski definition) is 3. The molecule has 2 heterocycles. The lowest BCUT2D eigenvalue weighted by Crippen LogP contribution is -2.17. The summed E-state index contributed by atoms with van der Waals surface area (Å²) < 4.78 is 15.4. The zero-order valence-corrected chi connectivity index (χ0v) is 12.6. The third-order valence-electron chi connectivity index (χ3n) is 3.36. The fourth-order valence-corrected chi connectivity index (χ4v) is 2.93. The first kappa shape index (κ1) is 13.1. The van der Waals surface area contributed by atoms with E-state index in [1.54, 1.807) is 18.2 Å². The molecule has 0 saturated carbocycles. The van der Waals surface area contributed by atoms with Crippen molar-refractivity contribution in [1.29, 1.82) is 0 Å². The number of nitrogens with zero attached hydrogens (tertiary/aromatic N) is 3. The van der Waals surface area contributed by atoms with Gasteiger partial charge in [0, 0.05) is 10.0 Å². The smallest absolute Gasteiger partial charge is 0.305 e. The minimum absolute atomic E-state index is 0.299. The second-order valence-corrected chi connectivity index (χ2v) is 5.63. The van der Waals surface area contributed by atoms with E-state index in [0.29, 0.717) is 22.6 Å². The van der Waals surface area contributed by atoms with Crippen LogP contribution in [0.15, 0.2) is 51.7 Å². The zero-order valence-electron chi connectivity index (χ0n) is 11.0. The van der Waals surface area contributed by atoms with E-state index in [4.69, 9.17) is 0 Å². The van der Waals surface area contributed by atoms with Crippen molar-refractivity contribution in [2.24, 2.45) is 0 Å². The molecule has 7 heteroatoms. The van der Waals surface area contributed by atoms with Crippen LogP contribution in [-0.2, 0) is 0 Å². The molecule has 5 nitrogen and oxygen atoms in total. The Balaban J connectivity index is 2.11. The summed E-state index contributed by atoms with van der Waals surface area (Å²) >= 11 is 3.46. The first-order valence-corrected chi connectivity index (χ1v) is 7.26. The van der Waals surface area contributed by atoms with Gasteiger partial charge in [-0.2, -0.15) is 4.52 Å². The van der Waals surface area contributed by atoms with Crippen LogP contribution in [0.5, 0.6) is 0 Å². The molecule has 0 aliphatic rings. The average Bonchev–Trinajstić information content (AvgIpc) is 2.93. The van der Waals surface area contributed by atoms with Gasteiger partial charge in [-0.15, -0.1) is 5.10 Å². The first-order valence-electron chi connectivity index (χ1n) is 6.47. The summed E-state index contributed by atoms with van der Waals surface area (Å²) in [6.07, 6.45) is 0. The van der Waals surface area contributed by atoms with Gasteiger partial charge in [-0.1, -0.05) is 18.2 Å². The summed E-state index contributed by atoms with van der Waals surface area (Å²) in [6, 6.07) is 11.4. The summed E-state index contributed by atoms with van der Waals surface area (Å²) in [4.78, 5) is 19.3. The van der Waals surface area contributed by atoms with E-state index in [0.717, 1.165) is 9.86 Å². The minimum Gasteiger partial charge on any atom is -0.305 e. The molecular formula is C15H8BrFN4O. The molecular weight excluding hydrogens is 351 g/mol. The van der Waals surface area contributed by atoms with Crippen LogP contribution in [0.2, 0.25) is 0 Å². The molecule has 0 amide bonds. The molecule has 4 rings (SSSR count). The standard InChI is InChI=1S/C15H8BrFN4O/c16-10-5-2-6-11-12(10)14-19-13(20-21(14)15(22)18-11)8-3-1-4-9(17)7-8/h1-7H,(H,18,22). The van der Waals surface area contributed by atoms with Crippen LogP contribution >= 0.6 is 15.9 Å². The predicted octanol–water partition coefficient (Wildman–Crippen LogP) is 3.14. The van der Waals surface area contributed by atoms with Gasteiger partial charge >= 0.3 is 5.69 Å². The normalized spacial score (nSPS) is 11.4. The number of H-pyrrole nitrogens is 1. The Morgan fingerprint density at radius 3 is 2.82 bits per heavy atom. The Morgan fingerprint density at radius 2 is 2.00 bits per heavy atom. The van der Waals surface area contributed by atoms with Crippen molar-refractivity contribution in [3.8, 4) is 11.4 Å². The molecule has 0 radical (unpaired) electrons. The highest BCUT2D eigenvalue weighted by Gasteiger charge is 2.14. The Kier molecular flexibility index (Phi) is 2.83. The number of halogens is 2. The van der Waals surface area contributed by atoms with Crippen LogP contribution < -0.4 is 5.69 Å². The van der Waals surface area contributed by atoms with Gasteiger partial charge < -0.3 is 4.98 Å². The topological polar surface area (TPSA) is 63.0 Å². The van der Waals surface area contributed by atoms with E-state index in [-0.39, 0.29) is 5.82 Å². The molecule has 0 atom stereocenters. The molecule has 0 bridgehead atoms. The number of nitrogens with one attached hydrogen (secondary N) is 1. The Labute approximate surface area is 131 Å². The second kappa shape index (κ2) is 4.74. The van der Waals surface area contributed by atoms with Crippen molar-refractivity contribution in [3.63, 3.8) is 0 Å². The van der Waals surface area contributed by atoms with Crippen LogP contribution in [0.1, 0.15) is 0 Å². The van der Waals surface area contributed by atoms with Gasteiger partial charge in [-0.05, 0) is 40.2 Å². The largest absolute Gasteiger partial charge is 0.348 e. The summed E-state index contributed by atoms with van der Waals surface area (Å²) in [5.41, 5.74) is 1.20. The Hall–Kier alpha value is -2.54. The maximum absolute atomic E-state index is 13.4. The lowest BCUT2D eigenvalue weighted by Gasteiger charge is -2.00. The monoisotopic (exact) mass is 358 g/mol. The molecule has 2 aromatic carbocycles. The lowest BCUT2D eigenvalue weighted by molar-refractivity contribution is 0.628. The zero-order chi connectivity index (χ0) is 15.3. The summed E-state index contributed by atoms with van der Waals surface area (Å²) in [6.45, 7) is 0. The lowest BCUT2D eigenvalue weighted by atomic mass is 10.2. The number of aromatic nitrogens is 4. The third kappa shape index (κ3) is 1.93. The van der Waals surface area contributed by atoms with Crippen molar-refractivity contribution in [3.05, 3.63) is 63.2 Å². The first-order chi connectivity index (χ1) is 10.6. The molecule has 0 spiro atoms. The van der Waals surface area contributed by atoms with Crippen LogP contribution in [0.3, 0.4) is 0 Å². The minimum atomic E-state index is -0.393. The van der Waals surface area contributed by atoms with E-state index >= 15 is 0 Å². The van der Waals surface area contributed by atoms with Gasteiger partial charge in [0.1, 0.15) is 5.82 Å². The van der Waals surface area contributed by atoms with E-state index in [1.807, 2.05) is 12.1 Å². The molecule has 0 aliphatic carbocycles. The Morgan fingerprint density at radius 1 is 1.18 bits per heavy atom. The van der Waals surface area contributed by atoms with Gasteiger partial charge in [0.15, 0.2) is 11.5 Å². The van der Waals surface area contributed by atoms with E-state index in [2.05, 4.69) is 31.0 Å². The van der Waals surface area contributed by atoms with Crippen LogP contribution in [0.25, 0.3) is 27.9 Å². The van der Waals surface area contributed by atoms with Gasteiger partial charge in [0.2, 0.25) is 0 Å². The van der Waals surface area contributed by atoms with Crippen molar-refractivity contribution >= 4 is 32.5 Å². The molecule has 4 aromatic rings. The number of benzene rings is 2. The summed E-state index contributed by atoms with van der Waals surface area (Å²) in [5.74, 6) is -0.0791. The SMILES string of the molecule is O=c1[nH]c2cccc(Br)c2c2nc(-c3cccc(F)c3)nn12. The maximum atomic E-state index is 13.4. The highest BCUT2D eigenvalue weighted by atomic mass is 79.9. The fraction of sp³-hybridized carbons (Fsp3) is 0. The van der Waals surface area contributed by atoms with Crippen molar-refractivity contribution in [1.82, 2.24) is 19.6 Å². The van der Waals surface area contributed by atoms with Crippen molar-refractivity contribution in [2.75, 3.05) is 0 Å². The summed E-state index contributed by atoms with van der Waals surface area (Å²) in [5, 5.41) is 4.94. The second-order valence-electron chi connectivity index (χ2n) is 4.77. The Bertz CT molecular complexity index is 1090. The predicted molar refractivity (Wildman–Crippen MR) is 84.2 cm³/mol. The average molecular weight is 359 g/mol. The number of hydrogen-bond donors (Lipinski definition) is 1. The quantitative estimate of drug-likeness (QED) is 0.568.